The van der Waals surface area contributed by atoms with Gasteiger partial charge in [0.1, 0.15) is 0 Å². The molecule has 1 amide bonds. The fourth-order valence-corrected chi connectivity index (χ4v) is 2.20. The zero-order valence-electron chi connectivity index (χ0n) is 11.2. The third kappa shape index (κ3) is 3.08. The van der Waals surface area contributed by atoms with Gasteiger partial charge < -0.3 is 20.2 Å². The first kappa shape index (κ1) is 14.7. The number of likely N-dealkylation sites (tertiary alicyclic amines) is 1. The van der Waals surface area contributed by atoms with Crippen molar-refractivity contribution in [3.05, 3.63) is 29.6 Å². The number of piperidine rings is 1. The maximum Gasteiger partial charge on any atom is 0.227 e. The Morgan fingerprint density at radius 1 is 1.55 bits per heavy atom. The van der Waals surface area contributed by atoms with Gasteiger partial charge in [-0.1, -0.05) is 6.07 Å². The molecule has 2 atom stereocenters. The summed E-state index contributed by atoms with van der Waals surface area (Å²) in [6.45, 7) is 1.95. The molecule has 0 unspecified atom stereocenters. The number of hydrogen-bond donors (Lipinski definition) is 3. The summed E-state index contributed by atoms with van der Waals surface area (Å²) in [5.74, 6) is -1.47. The minimum absolute atomic E-state index is 0.00787. The molecule has 20 heavy (non-hydrogen) atoms. The Hall–Kier alpha value is -1.66. The zero-order chi connectivity index (χ0) is 14.9. The standard InChI is InChI=1S/C14H18FNO4/c1-14(20)4-5-16(8-12(14)18)13(19)7-9-2-3-11(17)10(15)6-9/h2-3,6,12,17-18,20H,4-5,7-8H2,1H3/t12-,14+/m0/s1. The van der Waals surface area contributed by atoms with Crippen LogP contribution < -0.4 is 0 Å². The number of hydrogen-bond acceptors (Lipinski definition) is 4. The second kappa shape index (κ2) is 5.38. The fourth-order valence-electron chi connectivity index (χ4n) is 2.20. The Labute approximate surface area is 116 Å². The largest absolute Gasteiger partial charge is 0.505 e. The number of aliphatic hydroxyl groups excluding tert-OH is 1. The smallest absolute Gasteiger partial charge is 0.227 e. The Morgan fingerprint density at radius 3 is 2.85 bits per heavy atom. The lowest BCUT2D eigenvalue weighted by Crippen LogP contribution is -2.55. The molecule has 3 N–H and O–H groups in total. The molecule has 1 aliphatic heterocycles. The topological polar surface area (TPSA) is 81.0 Å². The molecular formula is C14H18FNO4. The molecule has 0 radical (unpaired) electrons. The highest BCUT2D eigenvalue weighted by Gasteiger charge is 2.37. The fraction of sp³-hybridized carbons (Fsp3) is 0.500. The molecule has 2 rings (SSSR count). The molecule has 0 aliphatic carbocycles. The van der Waals surface area contributed by atoms with Crippen molar-refractivity contribution in [2.45, 2.75) is 31.5 Å². The van der Waals surface area contributed by atoms with Crippen molar-refractivity contribution >= 4 is 5.91 Å². The molecule has 1 aromatic carbocycles. The number of amides is 1. The summed E-state index contributed by atoms with van der Waals surface area (Å²) in [6, 6.07) is 3.80. The summed E-state index contributed by atoms with van der Waals surface area (Å²) in [4.78, 5) is 13.5. The van der Waals surface area contributed by atoms with E-state index in [1.165, 1.54) is 24.0 Å². The van der Waals surface area contributed by atoms with E-state index in [2.05, 4.69) is 0 Å². The van der Waals surface area contributed by atoms with Crippen LogP contribution >= 0.6 is 0 Å². The van der Waals surface area contributed by atoms with E-state index < -0.39 is 23.3 Å². The molecule has 110 valence electrons. The molecule has 1 heterocycles. The van der Waals surface area contributed by atoms with Gasteiger partial charge in [-0.25, -0.2) is 4.39 Å². The summed E-state index contributed by atoms with van der Waals surface area (Å²) in [7, 11) is 0. The highest BCUT2D eigenvalue weighted by Crippen LogP contribution is 2.23. The highest BCUT2D eigenvalue weighted by molar-refractivity contribution is 5.79. The van der Waals surface area contributed by atoms with E-state index in [0.29, 0.717) is 18.5 Å². The van der Waals surface area contributed by atoms with Crippen LogP contribution in [0.15, 0.2) is 18.2 Å². The van der Waals surface area contributed by atoms with Gasteiger partial charge in [0.2, 0.25) is 5.91 Å². The second-order valence-electron chi connectivity index (χ2n) is 5.43. The van der Waals surface area contributed by atoms with Crippen molar-refractivity contribution < 1.29 is 24.5 Å². The maximum atomic E-state index is 13.2. The molecule has 1 saturated heterocycles. The van der Waals surface area contributed by atoms with Crippen LogP contribution in [0.2, 0.25) is 0 Å². The number of rotatable bonds is 2. The normalized spacial score (nSPS) is 26.6. The quantitative estimate of drug-likeness (QED) is 0.734. The minimum Gasteiger partial charge on any atom is -0.505 e. The monoisotopic (exact) mass is 283 g/mol. The summed E-state index contributed by atoms with van der Waals surface area (Å²) in [5.41, 5.74) is -0.723. The van der Waals surface area contributed by atoms with E-state index >= 15 is 0 Å². The third-order valence-corrected chi connectivity index (χ3v) is 3.72. The average molecular weight is 283 g/mol. The summed E-state index contributed by atoms with van der Waals surface area (Å²) >= 11 is 0. The van der Waals surface area contributed by atoms with Crippen LogP contribution in [0.1, 0.15) is 18.9 Å². The molecule has 1 aromatic rings. The van der Waals surface area contributed by atoms with Crippen LogP contribution in [-0.2, 0) is 11.2 Å². The third-order valence-electron chi connectivity index (χ3n) is 3.72. The first-order valence-corrected chi connectivity index (χ1v) is 6.45. The zero-order valence-corrected chi connectivity index (χ0v) is 11.2. The van der Waals surface area contributed by atoms with Gasteiger partial charge in [0.15, 0.2) is 11.6 Å². The SMILES string of the molecule is C[C@@]1(O)CCN(C(=O)Cc2ccc(O)c(F)c2)C[C@@H]1O. The average Bonchev–Trinajstić information content (AvgIpc) is 2.37. The number of halogens is 1. The first-order chi connectivity index (χ1) is 9.29. The Kier molecular flexibility index (Phi) is 3.96. The number of benzene rings is 1. The Bertz CT molecular complexity index is 518. The number of β-amino-alcohol motifs (C(OH)–C–C–N with tert-alkyl or cyclic N) is 1. The molecule has 0 saturated carbocycles. The van der Waals surface area contributed by atoms with E-state index in [4.69, 9.17) is 5.11 Å². The van der Waals surface area contributed by atoms with Gasteiger partial charge in [-0.3, -0.25) is 4.79 Å². The van der Waals surface area contributed by atoms with Crippen LogP contribution in [-0.4, -0.2) is 50.9 Å². The molecule has 0 aromatic heterocycles. The van der Waals surface area contributed by atoms with Crippen molar-refractivity contribution in [1.82, 2.24) is 4.90 Å². The minimum atomic E-state index is -1.18. The number of aliphatic hydroxyl groups is 2. The van der Waals surface area contributed by atoms with E-state index in [1.54, 1.807) is 0 Å². The number of aromatic hydroxyl groups is 1. The van der Waals surface area contributed by atoms with E-state index in [1.807, 2.05) is 0 Å². The highest BCUT2D eigenvalue weighted by atomic mass is 19.1. The van der Waals surface area contributed by atoms with E-state index in [9.17, 15) is 19.4 Å². The van der Waals surface area contributed by atoms with Crippen LogP contribution in [0.3, 0.4) is 0 Å². The molecule has 1 aliphatic rings. The number of phenols is 1. The van der Waals surface area contributed by atoms with E-state index in [-0.39, 0.29) is 18.9 Å². The maximum absolute atomic E-state index is 13.2. The Morgan fingerprint density at radius 2 is 2.25 bits per heavy atom. The number of carbonyl (C=O) groups excluding carboxylic acids is 1. The molecule has 6 heteroatoms. The van der Waals surface area contributed by atoms with Crippen LogP contribution in [0.5, 0.6) is 5.75 Å². The van der Waals surface area contributed by atoms with Gasteiger partial charge in [-0.2, -0.15) is 0 Å². The second-order valence-corrected chi connectivity index (χ2v) is 5.43. The van der Waals surface area contributed by atoms with Gasteiger partial charge in [-0.05, 0) is 31.0 Å². The summed E-state index contributed by atoms with van der Waals surface area (Å²) in [6.07, 6.45) is -0.702. The lowest BCUT2D eigenvalue weighted by atomic mass is 9.90. The molecular weight excluding hydrogens is 265 g/mol. The predicted molar refractivity (Wildman–Crippen MR) is 69.6 cm³/mol. The van der Waals surface area contributed by atoms with Crippen LogP contribution in [0.25, 0.3) is 0 Å². The van der Waals surface area contributed by atoms with Crippen molar-refractivity contribution in [3.63, 3.8) is 0 Å². The van der Waals surface area contributed by atoms with Gasteiger partial charge in [0, 0.05) is 13.1 Å². The van der Waals surface area contributed by atoms with E-state index in [0.717, 1.165) is 6.07 Å². The summed E-state index contributed by atoms with van der Waals surface area (Å²) in [5, 5.41) is 28.7. The lowest BCUT2D eigenvalue weighted by molar-refractivity contribution is -0.145. The first-order valence-electron chi connectivity index (χ1n) is 6.45. The molecule has 5 nitrogen and oxygen atoms in total. The van der Waals surface area contributed by atoms with Crippen molar-refractivity contribution in [3.8, 4) is 5.75 Å². The number of carbonyl (C=O) groups is 1. The Balaban J connectivity index is 2.00. The predicted octanol–water partition coefficient (Wildman–Crippen LogP) is 0.418. The van der Waals surface area contributed by atoms with Gasteiger partial charge >= 0.3 is 0 Å². The van der Waals surface area contributed by atoms with Crippen LogP contribution in [0, 0.1) is 5.82 Å². The van der Waals surface area contributed by atoms with Crippen molar-refractivity contribution in [2.24, 2.45) is 0 Å². The van der Waals surface area contributed by atoms with Crippen molar-refractivity contribution in [1.29, 1.82) is 0 Å². The molecule has 0 spiro atoms. The summed E-state index contributed by atoms with van der Waals surface area (Å²) < 4.78 is 13.2. The van der Waals surface area contributed by atoms with Crippen molar-refractivity contribution in [2.75, 3.05) is 13.1 Å². The van der Waals surface area contributed by atoms with Gasteiger partial charge in [0.25, 0.3) is 0 Å². The molecule has 1 fully saturated rings. The van der Waals surface area contributed by atoms with Crippen LogP contribution in [0.4, 0.5) is 4.39 Å². The molecule has 0 bridgehead atoms. The van der Waals surface area contributed by atoms with Gasteiger partial charge in [0.05, 0.1) is 18.1 Å². The number of phenolic OH excluding ortho intramolecular Hbond substituents is 1. The van der Waals surface area contributed by atoms with Gasteiger partial charge in [-0.15, -0.1) is 0 Å². The number of nitrogens with zero attached hydrogens (tertiary/aromatic N) is 1. The lowest BCUT2D eigenvalue weighted by Gasteiger charge is -2.40.